The Labute approximate surface area is 121 Å². The average molecular weight is 278 g/mol. The van der Waals surface area contributed by atoms with Gasteiger partial charge >= 0.3 is 0 Å². The van der Waals surface area contributed by atoms with E-state index in [2.05, 4.69) is 27.1 Å². The van der Waals surface area contributed by atoms with Crippen LogP contribution in [0.3, 0.4) is 0 Å². The highest BCUT2D eigenvalue weighted by atomic mass is 16.5. The van der Waals surface area contributed by atoms with Gasteiger partial charge in [0.25, 0.3) is 0 Å². The summed E-state index contributed by atoms with van der Waals surface area (Å²) in [5.41, 5.74) is 1.12. The fourth-order valence-corrected chi connectivity index (χ4v) is 2.77. The highest BCUT2D eigenvalue weighted by molar-refractivity contribution is 5.31. The molecule has 1 saturated carbocycles. The molecule has 0 spiro atoms. The van der Waals surface area contributed by atoms with E-state index in [4.69, 9.17) is 4.74 Å². The Hall–Kier alpha value is -1.20. The maximum atomic E-state index is 5.00. The Morgan fingerprint density at radius 2 is 2.00 bits per heavy atom. The zero-order valence-electron chi connectivity index (χ0n) is 12.6. The number of methoxy groups -OCH3 is 1. The number of anilines is 1. The molecule has 0 amide bonds. The first kappa shape index (κ1) is 15.2. The van der Waals surface area contributed by atoms with Gasteiger partial charge < -0.3 is 15.0 Å². The predicted molar refractivity (Wildman–Crippen MR) is 80.9 cm³/mol. The van der Waals surface area contributed by atoms with Crippen molar-refractivity contribution in [1.29, 1.82) is 0 Å². The maximum Gasteiger partial charge on any atom is 0.225 e. The number of nitrogens with zero attached hydrogens (tertiary/aromatic N) is 3. The van der Waals surface area contributed by atoms with Crippen LogP contribution in [0.2, 0.25) is 0 Å². The van der Waals surface area contributed by atoms with E-state index in [0.29, 0.717) is 6.04 Å². The smallest absolute Gasteiger partial charge is 0.225 e. The molecule has 1 heterocycles. The van der Waals surface area contributed by atoms with Crippen molar-refractivity contribution in [2.24, 2.45) is 0 Å². The van der Waals surface area contributed by atoms with Crippen LogP contribution in [0.15, 0.2) is 12.4 Å². The summed E-state index contributed by atoms with van der Waals surface area (Å²) >= 11 is 0. The van der Waals surface area contributed by atoms with E-state index in [-0.39, 0.29) is 0 Å². The summed E-state index contributed by atoms with van der Waals surface area (Å²) in [6.45, 7) is 5.53. The Bertz CT molecular complexity index is 376. The predicted octanol–water partition coefficient (Wildman–Crippen LogP) is 1.98. The molecule has 1 aromatic rings. The van der Waals surface area contributed by atoms with Gasteiger partial charge in [0.05, 0.1) is 6.61 Å². The van der Waals surface area contributed by atoms with Gasteiger partial charge in [0.2, 0.25) is 5.95 Å². The van der Waals surface area contributed by atoms with E-state index < -0.39 is 0 Å². The normalized spacial score (nSPS) is 15.7. The fraction of sp³-hybridized carbons (Fsp3) is 0.733. The summed E-state index contributed by atoms with van der Waals surface area (Å²) < 4.78 is 5.00. The fourth-order valence-electron chi connectivity index (χ4n) is 2.77. The van der Waals surface area contributed by atoms with Crippen molar-refractivity contribution in [3.8, 4) is 0 Å². The second kappa shape index (κ2) is 8.17. The lowest BCUT2D eigenvalue weighted by Crippen LogP contribution is -2.34. The second-order valence-corrected chi connectivity index (χ2v) is 5.29. The van der Waals surface area contributed by atoms with Gasteiger partial charge in [-0.3, -0.25) is 0 Å². The molecule has 1 aliphatic carbocycles. The van der Waals surface area contributed by atoms with Crippen molar-refractivity contribution >= 4 is 5.95 Å². The molecule has 1 fully saturated rings. The molecule has 0 radical (unpaired) electrons. The van der Waals surface area contributed by atoms with E-state index in [0.717, 1.165) is 37.8 Å². The summed E-state index contributed by atoms with van der Waals surface area (Å²) in [4.78, 5) is 11.4. The molecular weight excluding hydrogens is 252 g/mol. The lowest BCUT2D eigenvalue weighted by Gasteiger charge is -2.27. The van der Waals surface area contributed by atoms with Crippen molar-refractivity contribution in [1.82, 2.24) is 15.3 Å². The van der Waals surface area contributed by atoms with E-state index in [1.165, 1.54) is 25.7 Å². The number of nitrogens with one attached hydrogen (secondary N) is 1. The van der Waals surface area contributed by atoms with Crippen LogP contribution < -0.4 is 10.2 Å². The molecule has 112 valence electrons. The van der Waals surface area contributed by atoms with Crippen LogP contribution in [0.5, 0.6) is 0 Å². The lowest BCUT2D eigenvalue weighted by molar-refractivity contribution is 0.199. The van der Waals surface area contributed by atoms with Crippen LogP contribution >= 0.6 is 0 Å². The molecule has 0 saturated heterocycles. The zero-order chi connectivity index (χ0) is 14.2. The Balaban J connectivity index is 1.89. The van der Waals surface area contributed by atoms with Gasteiger partial charge in [0.1, 0.15) is 0 Å². The highest BCUT2D eigenvalue weighted by Gasteiger charge is 2.23. The van der Waals surface area contributed by atoms with Crippen LogP contribution in [0.4, 0.5) is 5.95 Å². The van der Waals surface area contributed by atoms with Gasteiger partial charge in [0, 0.05) is 50.7 Å². The molecule has 1 aliphatic rings. The molecule has 5 nitrogen and oxygen atoms in total. The van der Waals surface area contributed by atoms with Gasteiger partial charge in [-0.2, -0.15) is 0 Å². The molecule has 0 aliphatic heterocycles. The van der Waals surface area contributed by atoms with E-state index in [1.807, 2.05) is 12.4 Å². The average Bonchev–Trinajstić information content (AvgIpc) is 3.00. The van der Waals surface area contributed by atoms with Crippen LogP contribution in [0, 0.1) is 0 Å². The third kappa shape index (κ3) is 4.15. The number of hydrogen-bond donors (Lipinski definition) is 1. The molecule has 1 N–H and O–H groups in total. The van der Waals surface area contributed by atoms with Crippen molar-refractivity contribution < 1.29 is 4.74 Å². The third-order valence-electron chi connectivity index (χ3n) is 3.87. The molecule has 2 rings (SSSR count). The van der Waals surface area contributed by atoms with Gasteiger partial charge in [-0.1, -0.05) is 12.8 Å². The largest absolute Gasteiger partial charge is 0.383 e. The first-order chi connectivity index (χ1) is 9.85. The quantitative estimate of drug-likeness (QED) is 0.737. The minimum Gasteiger partial charge on any atom is -0.383 e. The van der Waals surface area contributed by atoms with Crippen molar-refractivity contribution in [2.45, 2.75) is 45.2 Å². The second-order valence-electron chi connectivity index (χ2n) is 5.29. The first-order valence-corrected chi connectivity index (χ1v) is 7.62. The van der Waals surface area contributed by atoms with Gasteiger partial charge in [-0.15, -0.1) is 0 Å². The number of aromatic nitrogens is 2. The molecular formula is C15H26N4O. The summed E-state index contributed by atoms with van der Waals surface area (Å²) in [6.07, 6.45) is 9.08. The standard InChI is InChI=1S/C15H26N4O/c1-3-19(14-6-4-5-7-14)15-17-11-13(12-18-15)10-16-8-9-20-2/h11-12,14,16H,3-10H2,1-2H3. The van der Waals surface area contributed by atoms with Gasteiger partial charge in [-0.05, 0) is 19.8 Å². The first-order valence-electron chi connectivity index (χ1n) is 7.62. The van der Waals surface area contributed by atoms with Crippen LogP contribution in [-0.4, -0.2) is 42.8 Å². The van der Waals surface area contributed by atoms with Gasteiger partial charge in [0.15, 0.2) is 0 Å². The molecule has 0 atom stereocenters. The molecule has 0 aromatic carbocycles. The molecule has 0 unspecified atom stereocenters. The van der Waals surface area contributed by atoms with Crippen LogP contribution in [0.1, 0.15) is 38.2 Å². The van der Waals surface area contributed by atoms with Gasteiger partial charge in [-0.25, -0.2) is 9.97 Å². The molecule has 1 aromatic heterocycles. The number of rotatable bonds is 8. The topological polar surface area (TPSA) is 50.3 Å². The molecule has 5 heteroatoms. The van der Waals surface area contributed by atoms with E-state index in [9.17, 15) is 0 Å². The summed E-state index contributed by atoms with van der Waals surface area (Å²) in [6, 6.07) is 0.630. The summed E-state index contributed by atoms with van der Waals surface area (Å²) in [5, 5.41) is 3.30. The van der Waals surface area contributed by atoms with E-state index >= 15 is 0 Å². The van der Waals surface area contributed by atoms with Crippen LogP contribution in [-0.2, 0) is 11.3 Å². The zero-order valence-corrected chi connectivity index (χ0v) is 12.6. The minimum atomic E-state index is 0.630. The van der Waals surface area contributed by atoms with E-state index in [1.54, 1.807) is 7.11 Å². The summed E-state index contributed by atoms with van der Waals surface area (Å²) in [5.74, 6) is 0.875. The van der Waals surface area contributed by atoms with Crippen molar-refractivity contribution in [3.05, 3.63) is 18.0 Å². The third-order valence-corrected chi connectivity index (χ3v) is 3.87. The Morgan fingerprint density at radius 3 is 2.60 bits per heavy atom. The van der Waals surface area contributed by atoms with Crippen molar-refractivity contribution in [2.75, 3.05) is 31.7 Å². The Morgan fingerprint density at radius 1 is 1.30 bits per heavy atom. The summed E-state index contributed by atoms with van der Waals surface area (Å²) in [7, 11) is 1.71. The lowest BCUT2D eigenvalue weighted by atomic mass is 10.2. The number of ether oxygens (including phenoxy) is 1. The molecule has 0 bridgehead atoms. The Kier molecular flexibility index (Phi) is 6.21. The monoisotopic (exact) mass is 278 g/mol. The SMILES string of the molecule is CCN(c1ncc(CNCCOC)cn1)C1CCCC1. The van der Waals surface area contributed by atoms with Crippen molar-refractivity contribution in [3.63, 3.8) is 0 Å². The molecule has 20 heavy (non-hydrogen) atoms. The highest BCUT2D eigenvalue weighted by Crippen LogP contribution is 2.25. The van der Waals surface area contributed by atoms with Crippen LogP contribution in [0.25, 0.3) is 0 Å². The maximum absolute atomic E-state index is 5.00. The number of hydrogen-bond acceptors (Lipinski definition) is 5. The minimum absolute atomic E-state index is 0.630.